The number of carbonyl (C=O) groups is 4. The lowest BCUT2D eigenvalue weighted by atomic mass is 9.84. The lowest BCUT2D eigenvalue weighted by Crippen LogP contribution is -2.38. The lowest BCUT2D eigenvalue weighted by Gasteiger charge is -2.21. The van der Waals surface area contributed by atoms with Gasteiger partial charge in [-0.2, -0.15) is 0 Å². The van der Waals surface area contributed by atoms with Crippen molar-refractivity contribution in [2.24, 2.45) is 5.92 Å². The number of benzene rings is 3. The van der Waals surface area contributed by atoms with E-state index in [2.05, 4.69) is 5.32 Å². The Morgan fingerprint density at radius 1 is 0.970 bits per heavy atom. The van der Waals surface area contributed by atoms with Crippen LogP contribution < -0.4 is 10.1 Å². The number of halogens is 1. The number of amides is 1. The minimum Gasteiger partial charge on any atom is -0.495 e. The van der Waals surface area contributed by atoms with E-state index in [-0.39, 0.29) is 22.4 Å². The summed E-state index contributed by atoms with van der Waals surface area (Å²) in [6.45, 7) is 0. The SMILES string of the molecule is COc1ccccc1NC(=O)C(=O)[C@@H](C(=O)c1ccccc1F)[C@@H]1OC(=O)c2ccccc21. The number of hydrogen-bond donors (Lipinski definition) is 1. The number of rotatable bonds is 7. The van der Waals surface area contributed by atoms with Crippen LogP contribution in [0, 0.1) is 11.7 Å². The molecular weight excluding hydrogens is 429 g/mol. The van der Waals surface area contributed by atoms with Gasteiger partial charge in [-0.05, 0) is 30.3 Å². The molecule has 0 bridgehead atoms. The molecule has 0 saturated heterocycles. The van der Waals surface area contributed by atoms with E-state index in [4.69, 9.17) is 9.47 Å². The van der Waals surface area contributed by atoms with Crippen LogP contribution in [0.5, 0.6) is 5.75 Å². The van der Waals surface area contributed by atoms with Gasteiger partial charge in [0.1, 0.15) is 23.6 Å². The summed E-state index contributed by atoms with van der Waals surface area (Å²) >= 11 is 0. The molecule has 1 N–H and O–H groups in total. The second kappa shape index (κ2) is 9.04. The molecule has 4 rings (SSSR count). The number of ether oxygens (including phenoxy) is 2. The van der Waals surface area contributed by atoms with Crippen LogP contribution in [-0.2, 0) is 14.3 Å². The van der Waals surface area contributed by atoms with Gasteiger partial charge < -0.3 is 14.8 Å². The fourth-order valence-corrected chi connectivity index (χ4v) is 3.72. The molecular formula is C25H18FNO6. The molecule has 8 heteroatoms. The highest BCUT2D eigenvalue weighted by Gasteiger charge is 2.46. The van der Waals surface area contributed by atoms with Crippen molar-refractivity contribution < 1.29 is 33.0 Å². The van der Waals surface area contributed by atoms with E-state index < -0.39 is 41.3 Å². The Morgan fingerprint density at radius 3 is 2.39 bits per heavy atom. The predicted molar refractivity (Wildman–Crippen MR) is 115 cm³/mol. The van der Waals surface area contributed by atoms with E-state index in [1.165, 1.54) is 43.5 Å². The number of Topliss-reactive ketones (excluding diaryl/α,β-unsaturated/α-hetero) is 2. The highest BCUT2D eigenvalue weighted by molar-refractivity contribution is 6.45. The predicted octanol–water partition coefficient (Wildman–Crippen LogP) is 3.75. The van der Waals surface area contributed by atoms with Crippen LogP contribution in [0.4, 0.5) is 10.1 Å². The zero-order valence-electron chi connectivity index (χ0n) is 17.4. The van der Waals surface area contributed by atoms with Gasteiger partial charge in [-0.25, -0.2) is 9.18 Å². The molecule has 0 aliphatic carbocycles. The molecule has 0 aromatic heterocycles. The van der Waals surface area contributed by atoms with E-state index in [9.17, 15) is 23.6 Å². The van der Waals surface area contributed by atoms with Crippen LogP contribution in [0.3, 0.4) is 0 Å². The number of cyclic esters (lactones) is 1. The summed E-state index contributed by atoms with van der Waals surface area (Å²) in [5.41, 5.74) is 0.267. The molecule has 3 aromatic rings. The van der Waals surface area contributed by atoms with Crippen molar-refractivity contribution in [2.45, 2.75) is 6.10 Å². The summed E-state index contributed by atoms with van der Waals surface area (Å²) in [5, 5.41) is 2.42. The Labute approximate surface area is 188 Å². The normalized spacial score (nSPS) is 15.2. The summed E-state index contributed by atoms with van der Waals surface area (Å²) in [5.74, 6) is -6.36. The van der Waals surface area contributed by atoms with Gasteiger partial charge in [0.25, 0.3) is 5.91 Å². The highest BCUT2D eigenvalue weighted by atomic mass is 19.1. The van der Waals surface area contributed by atoms with E-state index in [1.807, 2.05) is 0 Å². The third-order valence-corrected chi connectivity index (χ3v) is 5.31. The van der Waals surface area contributed by atoms with Crippen molar-refractivity contribution >= 4 is 29.1 Å². The van der Waals surface area contributed by atoms with Crippen LogP contribution in [0.1, 0.15) is 32.4 Å². The van der Waals surface area contributed by atoms with Crippen molar-refractivity contribution in [3.63, 3.8) is 0 Å². The number of carbonyl (C=O) groups excluding carboxylic acids is 4. The van der Waals surface area contributed by atoms with E-state index in [1.54, 1.807) is 30.3 Å². The van der Waals surface area contributed by atoms with E-state index in [0.717, 1.165) is 6.07 Å². The Morgan fingerprint density at radius 2 is 1.64 bits per heavy atom. The maximum atomic E-state index is 14.4. The smallest absolute Gasteiger partial charge is 0.339 e. The first-order valence-electron chi connectivity index (χ1n) is 9.99. The zero-order valence-corrected chi connectivity index (χ0v) is 17.4. The molecule has 0 unspecified atom stereocenters. The van der Waals surface area contributed by atoms with E-state index in [0.29, 0.717) is 5.75 Å². The van der Waals surface area contributed by atoms with Crippen molar-refractivity contribution in [2.75, 3.05) is 12.4 Å². The van der Waals surface area contributed by atoms with Gasteiger partial charge in [0.2, 0.25) is 5.78 Å². The second-order valence-electron chi connectivity index (χ2n) is 7.25. The number of hydrogen-bond acceptors (Lipinski definition) is 6. The third-order valence-electron chi connectivity index (χ3n) is 5.31. The largest absolute Gasteiger partial charge is 0.495 e. The summed E-state index contributed by atoms with van der Waals surface area (Å²) in [7, 11) is 1.40. The van der Waals surface area contributed by atoms with Gasteiger partial charge in [0.05, 0.1) is 23.9 Å². The van der Waals surface area contributed by atoms with Gasteiger partial charge >= 0.3 is 5.97 Å². The fourth-order valence-electron chi connectivity index (χ4n) is 3.72. The number of anilines is 1. The minimum atomic E-state index is -1.79. The number of esters is 1. The maximum Gasteiger partial charge on any atom is 0.339 e. The van der Waals surface area contributed by atoms with Crippen molar-refractivity contribution in [1.29, 1.82) is 0 Å². The number of nitrogens with one attached hydrogen (secondary N) is 1. The van der Waals surface area contributed by atoms with Crippen LogP contribution in [-0.4, -0.2) is 30.6 Å². The molecule has 0 spiro atoms. The van der Waals surface area contributed by atoms with Crippen molar-refractivity contribution in [1.82, 2.24) is 0 Å². The van der Waals surface area contributed by atoms with Crippen LogP contribution in [0.2, 0.25) is 0 Å². The van der Waals surface area contributed by atoms with Gasteiger partial charge in [-0.15, -0.1) is 0 Å². The summed E-state index contributed by atoms with van der Waals surface area (Å²) in [4.78, 5) is 51.9. The molecule has 1 amide bonds. The number of fused-ring (bicyclic) bond motifs is 1. The molecule has 0 fully saturated rings. The fraction of sp³-hybridized carbons (Fsp3) is 0.120. The molecule has 1 aliphatic rings. The zero-order chi connectivity index (χ0) is 23.5. The maximum absolute atomic E-state index is 14.4. The van der Waals surface area contributed by atoms with Gasteiger partial charge in [0, 0.05) is 5.56 Å². The van der Waals surface area contributed by atoms with Crippen molar-refractivity contribution in [3.05, 3.63) is 95.3 Å². The number of para-hydroxylation sites is 2. The number of methoxy groups -OCH3 is 1. The molecule has 1 heterocycles. The Kier molecular flexibility index (Phi) is 5.99. The lowest BCUT2D eigenvalue weighted by molar-refractivity contribution is -0.138. The Hall–Kier alpha value is -4.33. The average Bonchev–Trinajstić information content (AvgIpc) is 3.16. The van der Waals surface area contributed by atoms with Gasteiger partial charge in [-0.1, -0.05) is 42.5 Å². The minimum absolute atomic E-state index is 0.173. The van der Waals surface area contributed by atoms with E-state index >= 15 is 0 Å². The monoisotopic (exact) mass is 447 g/mol. The third kappa shape index (κ3) is 4.10. The molecule has 3 aromatic carbocycles. The molecule has 1 aliphatic heterocycles. The molecule has 33 heavy (non-hydrogen) atoms. The molecule has 2 atom stereocenters. The molecule has 7 nitrogen and oxygen atoms in total. The molecule has 0 radical (unpaired) electrons. The van der Waals surface area contributed by atoms with Crippen LogP contribution in [0.25, 0.3) is 0 Å². The number of ketones is 2. The Bertz CT molecular complexity index is 1270. The van der Waals surface area contributed by atoms with Crippen LogP contribution in [0.15, 0.2) is 72.8 Å². The van der Waals surface area contributed by atoms with Gasteiger partial charge in [-0.3, -0.25) is 14.4 Å². The summed E-state index contributed by atoms with van der Waals surface area (Å²) < 4.78 is 24.9. The first-order valence-corrected chi connectivity index (χ1v) is 9.99. The van der Waals surface area contributed by atoms with Crippen LogP contribution >= 0.6 is 0 Å². The molecule has 166 valence electrons. The summed E-state index contributed by atoms with van der Waals surface area (Å²) in [6.07, 6.45) is -1.38. The highest BCUT2D eigenvalue weighted by Crippen LogP contribution is 2.38. The van der Waals surface area contributed by atoms with Crippen molar-refractivity contribution in [3.8, 4) is 5.75 Å². The first-order chi connectivity index (χ1) is 15.9. The summed E-state index contributed by atoms with van der Waals surface area (Å²) in [6, 6.07) is 17.7. The second-order valence-corrected chi connectivity index (χ2v) is 7.25. The topological polar surface area (TPSA) is 98.8 Å². The average molecular weight is 447 g/mol. The quantitative estimate of drug-likeness (QED) is 0.256. The van der Waals surface area contributed by atoms with Gasteiger partial charge in [0.15, 0.2) is 5.78 Å². The standard InChI is InChI=1S/C25H18FNO6/c1-32-19-13-7-6-12-18(19)27-24(30)22(29)20(21(28)16-10-4-5-11-17(16)26)23-14-8-2-3-9-15(14)25(31)33-23/h2-13,20,23H,1H3,(H,27,30)/t20-,23-/m1/s1. The Balaban J connectivity index is 1.74. The molecule has 0 saturated carbocycles. The first kappa shape index (κ1) is 21.9.